The minimum Gasteiger partial charge on any atom is -0.339 e. The Morgan fingerprint density at radius 3 is 2.61 bits per heavy atom. The second kappa shape index (κ2) is 11.0. The molecule has 0 aliphatic heterocycles. The summed E-state index contributed by atoms with van der Waals surface area (Å²) < 4.78 is 16.6. The number of halogens is 1. The minimum atomic E-state index is -0.766. The van der Waals surface area contributed by atoms with E-state index in [0.29, 0.717) is 41.4 Å². The van der Waals surface area contributed by atoms with Crippen LogP contribution in [0.4, 0.5) is 10.2 Å². The van der Waals surface area contributed by atoms with Crippen LogP contribution in [0.2, 0.25) is 0 Å². The van der Waals surface area contributed by atoms with E-state index in [2.05, 4.69) is 37.8 Å². The number of pyridine rings is 1. The van der Waals surface area contributed by atoms with Crippen LogP contribution in [0.1, 0.15) is 68.3 Å². The maximum absolute atomic E-state index is 15.1. The number of carbonyl (C=O) groups excluding carboxylic acids is 2. The van der Waals surface area contributed by atoms with E-state index in [1.165, 1.54) is 0 Å². The molecule has 0 saturated heterocycles. The van der Waals surface area contributed by atoms with Gasteiger partial charge in [0.25, 0.3) is 5.91 Å². The van der Waals surface area contributed by atoms with E-state index >= 15 is 4.39 Å². The lowest BCUT2D eigenvalue weighted by atomic mass is 9.79. The van der Waals surface area contributed by atoms with Crippen LogP contribution >= 0.6 is 0 Å². The lowest BCUT2D eigenvalue weighted by Gasteiger charge is -2.32. The van der Waals surface area contributed by atoms with E-state index in [1.807, 2.05) is 20.8 Å². The Labute approximate surface area is 210 Å². The molecular weight excluding hydrogens is 461 g/mol. The van der Waals surface area contributed by atoms with Crippen molar-refractivity contribution in [3.05, 3.63) is 47.4 Å². The number of aryl methyl sites for hydroxylation is 3. The number of rotatable bonds is 8. The number of hydrogen-bond donors (Lipinski definition) is 3. The standard InChI is InChI=1S/C26H34FN7O2/c1-5-19-22(16(4)32-33-19)18-11-12-21(29-24(18)27)30-26(36)23(17-9-7-15(3)8-10-17)31-25(35)20-13-14-28-34(20)6-2/h11-15,17,23H,5-10H2,1-4H3,(H,31,35)(H,32,33)(H,29,30,36). The van der Waals surface area contributed by atoms with E-state index in [-0.39, 0.29) is 17.6 Å². The van der Waals surface area contributed by atoms with E-state index in [9.17, 15) is 9.59 Å². The SMILES string of the molecule is CCc1[nH]nc(C)c1-c1ccc(NC(=O)C(NC(=O)c2ccnn2CC)C2CCC(C)CC2)nc1F. The molecule has 1 aliphatic rings. The van der Waals surface area contributed by atoms with Gasteiger partial charge in [0, 0.05) is 29.6 Å². The van der Waals surface area contributed by atoms with Crippen LogP contribution in [0.5, 0.6) is 0 Å². The first-order valence-electron chi connectivity index (χ1n) is 12.7. The summed E-state index contributed by atoms with van der Waals surface area (Å²) in [4.78, 5) is 30.5. The number of aromatic nitrogens is 5. The van der Waals surface area contributed by atoms with Crippen molar-refractivity contribution in [3.8, 4) is 11.1 Å². The topological polar surface area (TPSA) is 118 Å². The molecule has 1 aliphatic carbocycles. The van der Waals surface area contributed by atoms with Crippen LogP contribution in [0.25, 0.3) is 11.1 Å². The first-order valence-corrected chi connectivity index (χ1v) is 12.7. The third-order valence-corrected chi connectivity index (χ3v) is 7.09. The van der Waals surface area contributed by atoms with Gasteiger partial charge in [-0.2, -0.15) is 14.6 Å². The number of nitrogens with one attached hydrogen (secondary N) is 3. The van der Waals surface area contributed by atoms with Crippen LogP contribution in [0, 0.1) is 24.7 Å². The molecule has 3 aromatic heterocycles. The fraction of sp³-hybridized carbons (Fsp3) is 0.500. The summed E-state index contributed by atoms with van der Waals surface area (Å²) in [5.74, 6) is -0.782. The van der Waals surface area contributed by atoms with Crippen LogP contribution in [-0.2, 0) is 17.8 Å². The summed E-state index contributed by atoms with van der Waals surface area (Å²) in [6.07, 6.45) is 5.87. The summed E-state index contributed by atoms with van der Waals surface area (Å²) in [7, 11) is 0. The Morgan fingerprint density at radius 2 is 1.94 bits per heavy atom. The summed E-state index contributed by atoms with van der Waals surface area (Å²) in [5, 5.41) is 16.9. The summed E-state index contributed by atoms with van der Waals surface area (Å²) >= 11 is 0. The molecular formula is C26H34FN7O2. The van der Waals surface area contributed by atoms with Crippen molar-refractivity contribution in [2.75, 3.05) is 5.32 Å². The van der Waals surface area contributed by atoms with Gasteiger partial charge in [-0.1, -0.05) is 26.7 Å². The van der Waals surface area contributed by atoms with Gasteiger partial charge in [0.2, 0.25) is 11.9 Å². The molecule has 9 nitrogen and oxygen atoms in total. The lowest BCUT2D eigenvalue weighted by Crippen LogP contribution is -2.49. The van der Waals surface area contributed by atoms with Gasteiger partial charge in [-0.25, -0.2) is 4.98 Å². The molecule has 0 spiro atoms. The van der Waals surface area contributed by atoms with Gasteiger partial charge in [-0.3, -0.25) is 19.4 Å². The lowest BCUT2D eigenvalue weighted by molar-refractivity contribution is -0.119. The Kier molecular flexibility index (Phi) is 7.81. The Morgan fingerprint density at radius 1 is 1.19 bits per heavy atom. The van der Waals surface area contributed by atoms with Crippen LogP contribution in [0.3, 0.4) is 0 Å². The maximum atomic E-state index is 15.1. The van der Waals surface area contributed by atoms with E-state index in [4.69, 9.17) is 0 Å². The molecule has 0 radical (unpaired) electrons. The highest BCUT2D eigenvalue weighted by Gasteiger charge is 2.33. The van der Waals surface area contributed by atoms with Crippen LogP contribution in [-0.4, -0.2) is 42.8 Å². The van der Waals surface area contributed by atoms with Crippen LogP contribution in [0.15, 0.2) is 24.4 Å². The highest BCUT2D eigenvalue weighted by molar-refractivity contribution is 6.00. The molecule has 0 aromatic carbocycles. The summed E-state index contributed by atoms with van der Waals surface area (Å²) in [6.45, 7) is 8.41. The van der Waals surface area contributed by atoms with Crippen molar-refractivity contribution in [2.24, 2.45) is 11.8 Å². The average molecular weight is 496 g/mol. The number of nitrogens with zero attached hydrogens (tertiary/aromatic N) is 4. The second-order valence-electron chi connectivity index (χ2n) is 9.54. The van der Waals surface area contributed by atoms with Crippen LogP contribution < -0.4 is 10.6 Å². The molecule has 1 unspecified atom stereocenters. The zero-order valence-electron chi connectivity index (χ0n) is 21.3. The molecule has 1 atom stereocenters. The van der Waals surface area contributed by atoms with Gasteiger partial charge >= 0.3 is 0 Å². The Bertz CT molecular complexity index is 1230. The predicted molar refractivity (Wildman–Crippen MR) is 135 cm³/mol. The highest BCUT2D eigenvalue weighted by Crippen LogP contribution is 2.32. The number of carbonyl (C=O) groups is 2. The van der Waals surface area contributed by atoms with Gasteiger partial charge < -0.3 is 10.6 Å². The fourth-order valence-corrected chi connectivity index (χ4v) is 5.00. The van der Waals surface area contributed by atoms with E-state index in [0.717, 1.165) is 31.4 Å². The van der Waals surface area contributed by atoms with Gasteiger partial charge in [0.05, 0.1) is 5.69 Å². The number of anilines is 1. The number of aromatic amines is 1. The first-order chi connectivity index (χ1) is 17.3. The Balaban J connectivity index is 1.55. The molecule has 36 heavy (non-hydrogen) atoms. The van der Waals surface area contributed by atoms with Crippen molar-refractivity contribution in [2.45, 2.75) is 72.4 Å². The summed E-state index contributed by atoms with van der Waals surface area (Å²) in [6, 6.07) is 4.05. The van der Waals surface area contributed by atoms with E-state index < -0.39 is 17.9 Å². The molecule has 3 N–H and O–H groups in total. The molecule has 192 valence electrons. The maximum Gasteiger partial charge on any atom is 0.270 e. The minimum absolute atomic E-state index is 0.0204. The van der Waals surface area contributed by atoms with Crippen molar-refractivity contribution >= 4 is 17.6 Å². The number of hydrogen-bond acceptors (Lipinski definition) is 5. The first kappa shape index (κ1) is 25.5. The third-order valence-electron chi connectivity index (χ3n) is 7.09. The highest BCUT2D eigenvalue weighted by atomic mass is 19.1. The van der Waals surface area contributed by atoms with Crippen molar-refractivity contribution in [1.82, 2.24) is 30.3 Å². The molecule has 3 heterocycles. The van der Waals surface area contributed by atoms with Crippen molar-refractivity contribution < 1.29 is 14.0 Å². The Hall–Kier alpha value is -3.56. The molecule has 2 amide bonds. The van der Waals surface area contributed by atoms with Gasteiger partial charge in [0.15, 0.2) is 0 Å². The number of amides is 2. The molecule has 4 rings (SSSR count). The van der Waals surface area contributed by atoms with Gasteiger partial charge in [-0.15, -0.1) is 0 Å². The zero-order chi connectivity index (χ0) is 25.8. The zero-order valence-corrected chi connectivity index (χ0v) is 21.3. The monoisotopic (exact) mass is 495 g/mol. The average Bonchev–Trinajstić information content (AvgIpc) is 3.49. The quantitative estimate of drug-likeness (QED) is 0.404. The van der Waals surface area contributed by atoms with Gasteiger partial charge in [0.1, 0.15) is 17.6 Å². The number of H-pyrrole nitrogens is 1. The largest absolute Gasteiger partial charge is 0.339 e. The smallest absolute Gasteiger partial charge is 0.270 e. The van der Waals surface area contributed by atoms with Gasteiger partial charge in [-0.05, 0) is 63.1 Å². The second-order valence-corrected chi connectivity index (χ2v) is 9.54. The predicted octanol–water partition coefficient (Wildman–Crippen LogP) is 4.26. The molecule has 3 aromatic rings. The summed E-state index contributed by atoms with van der Waals surface area (Å²) in [5.41, 5.74) is 2.93. The van der Waals surface area contributed by atoms with E-state index in [1.54, 1.807) is 29.1 Å². The molecule has 1 fully saturated rings. The van der Waals surface area contributed by atoms with Crippen molar-refractivity contribution in [1.29, 1.82) is 0 Å². The van der Waals surface area contributed by atoms with Crippen molar-refractivity contribution in [3.63, 3.8) is 0 Å². The third kappa shape index (κ3) is 5.32. The molecule has 1 saturated carbocycles. The molecule has 0 bridgehead atoms. The molecule has 10 heteroatoms. The normalized spacial score (nSPS) is 18.6. The fourth-order valence-electron chi connectivity index (χ4n) is 5.00.